The van der Waals surface area contributed by atoms with Gasteiger partial charge in [-0.05, 0) is 43.7 Å². The summed E-state index contributed by atoms with van der Waals surface area (Å²) >= 11 is 0. The molecule has 0 spiro atoms. The van der Waals surface area contributed by atoms with Gasteiger partial charge in [-0.3, -0.25) is 18.6 Å². The van der Waals surface area contributed by atoms with Crippen LogP contribution in [0.2, 0.25) is 0 Å². The molecule has 0 bridgehead atoms. The number of phosphoric ester groups is 1. The van der Waals surface area contributed by atoms with Gasteiger partial charge in [-0.25, -0.2) is 4.57 Å². The third-order valence-corrected chi connectivity index (χ3v) is 5.52. The maximum absolute atomic E-state index is 13.0. The Hall–Kier alpha value is -2.32. The molecule has 160 valence electrons. The van der Waals surface area contributed by atoms with Crippen LogP contribution < -0.4 is 14.8 Å². The van der Waals surface area contributed by atoms with E-state index in [1.54, 1.807) is 44.4 Å². The summed E-state index contributed by atoms with van der Waals surface area (Å²) in [6, 6.07) is 6.79. The van der Waals surface area contributed by atoms with E-state index < -0.39 is 13.9 Å². The Morgan fingerprint density at radius 3 is 2.24 bits per heavy atom. The number of anilines is 1. The number of aromatic nitrogens is 1. The largest absolute Gasteiger partial charge is 0.502 e. The van der Waals surface area contributed by atoms with Crippen LogP contribution in [0.3, 0.4) is 0 Å². The molecule has 0 aliphatic rings. The molecule has 0 aliphatic heterocycles. The number of phenols is 1. The first kappa shape index (κ1) is 23.0. The van der Waals surface area contributed by atoms with Crippen molar-refractivity contribution >= 4 is 13.5 Å². The summed E-state index contributed by atoms with van der Waals surface area (Å²) in [6.07, 6.45) is 2.54. The second-order valence-electron chi connectivity index (χ2n) is 5.77. The summed E-state index contributed by atoms with van der Waals surface area (Å²) in [5.41, 5.74) is 1.30. The number of phosphoric acid groups is 1. The molecule has 0 fully saturated rings. The van der Waals surface area contributed by atoms with Crippen LogP contribution in [-0.2, 0) is 18.1 Å². The van der Waals surface area contributed by atoms with Crippen molar-refractivity contribution in [2.75, 3.05) is 39.3 Å². The highest BCUT2D eigenvalue weighted by molar-refractivity contribution is 7.48. The van der Waals surface area contributed by atoms with Crippen LogP contribution in [0.4, 0.5) is 5.69 Å². The van der Waals surface area contributed by atoms with Crippen molar-refractivity contribution in [1.82, 2.24) is 4.98 Å². The number of nitrogens with one attached hydrogen (secondary N) is 1. The van der Waals surface area contributed by atoms with Crippen molar-refractivity contribution in [2.45, 2.75) is 20.0 Å². The van der Waals surface area contributed by atoms with Crippen LogP contribution in [-0.4, -0.2) is 44.1 Å². The Balaban J connectivity index is 2.39. The molecule has 0 saturated heterocycles. The van der Waals surface area contributed by atoms with Crippen LogP contribution in [0.5, 0.6) is 17.2 Å². The molecule has 0 aliphatic carbocycles. The molecule has 29 heavy (non-hydrogen) atoms. The molecule has 2 rings (SSSR count). The number of ether oxygens (including phenoxy) is 2. The molecule has 9 nitrogen and oxygen atoms in total. The summed E-state index contributed by atoms with van der Waals surface area (Å²) < 4.78 is 39.7. The van der Waals surface area contributed by atoms with E-state index in [0.717, 1.165) is 5.69 Å². The van der Waals surface area contributed by atoms with Crippen LogP contribution in [0.15, 0.2) is 36.7 Å². The Kier molecular flexibility index (Phi) is 8.72. The number of methoxy groups -OCH3 is 2. The molecule has 1 heterocycles. The van der Waals surface area contributed by atoms with E-state index in [4.69, 9.17) is 23.0 Å². The minimum Gasteiger partial charge on any atom is -0.502 e. The molecule has 0 amide bonds. The van der Waals surface area contributed by atoms with E-state index in [-0.39, 0.29) is 37.0 Å². The third kappa shape index (κ3) is 6.33. The van der Waals surface area contributed by atoms with Crippen LogP contribution in [0.25, 0.3) is 0 Å². The third-order valence-electron chi connectivity index (χ3n) is 3.86. The average molecular weight is 426 g/mol. The lowest BCUT2D eigenvalue weighted by Crippen LogP contribution is -2.17. The number of pyridine rings is 1. The second kappa shape index (κ2) is 11.0. The maximum atomic E-state index is 13.0. The van der Waals surface area contributed by atoms with E-state index in [0.29, 0.717) is 5.56 Å². The van der Waals surface area contributed by atoms with Crippen LogP contribution in [0, 0.1) is 0 Å². The number of aromatic hydroxyl groups is 1. The molecule has 2 N–H and O–H groups in total. The predicted octanol–water partition coefficient (Wildman–Crippen LogP) is 4.16. The molecule has 0 radical (unpaired) electrons. The van der Waals surface area contributed by atoms with Crippen molar-refractivity contribution < 1.29 is 32.7 Å². The topological polar surface area (TPSA) is 108 Å². The Morgan fingerprint density at radius 2 is 1.76 bits per heavy atom. The number of benzene rings is 1. The Morgan fingerprint density at radius 1 is 1.14 bits per heavy atom. The summed E-state index contributed by atoms with van der Waals surface area (Å²) in [5.74, 6) is 0.240. The number of hydrogen-bond donors (Lipinski definition) is 2. The smallest absolute Gasteiger partial charge is 0.475 e. The van der Waals surface area contributed by atoms with E-state index in [2.05, 4.69) is 10.3 Å². The zero-order chi connectivity index (χ0) is 21.3. The zero-order valence-electron chi connectivity index (χ0n) is 17.0. The van der Waals surface area contributed by atoms with Gasteiger partial charge in [0.05, 0.1) is 33.1 Å². The summed E-state index contributed by atoms with van der Waals surface area (Å²) in [7, 11) is -0.973. The molecule has 10 heteroatoms. The lowest BCUT2D eigenvalue weighted by atomic mass is 10.1. The standard InChI is InChI=1S/C19H27N2O7P/c1-5-26-29(23,27-6-2)28-18(13-21-15-8-7-9-20-12-15)14-10-16(24-3)19(22)17(11-14)25-4/h7-12,18,21-22H,5-6,13H2,1-4H3. The van der Waals surface area contributed by atoms with Gasteiger partial charge in [-0.2, -0.15) is 0 Å². The fourth-order valence-electron chi connectivity index (χ4n) is 2.56. The van der Waals surface area contributed by atoms with Gasteiger partial charge < -0.3 is 19.9 Å². The first-order chi connectivity index (χ1) is 14.0. The molecule has 1 atom stereocenters. The lowest BCUT2D eigenvalue weighted by Gasteiger charge is -2.25. The molecule has 1 unspecified atom stereocenters. The van der Waals surface area contributed by atoms with Gasteiger partial charge in [0.15, 0.2) is 11.5 Å². The predicted molar refractivity (Wildman–Crippen MR) is 109 cm³/mol. The van der Waals surface area contributed by atoms with E-state index in [1.165, 1.54) is 14.2 Å². The minimum absolute atomic E-state index is 0.143. The SMILES string of the molecule is CCOP(=O)(OCC)OC(CNc1cccnc1)c1cc(OC)c(O)c(OC)c1. The van der Waals surface area contributed by atoms with Gasteiger partial charge in [0.1, 0.15) is 6.10 Å². The van der Waals surface area contributed by atoms with E-state index in [9.17, 15) is 9.67 Å². The molecule has 0 saturated carbocycles. The molecule has 2 aromatic rings. The monoisotopic (exact) mass is 426 g/mol. The van der Waals surface area contributed by atoms with Crippen molar-refractivity contribution in [3.63, 3.8) is 0 Å². The second-order valence-corrected chi connectivity index (χ2v) is 7.40. The Bertz CT molecular complexity index is 784. The Labute approximate surface area is 170 Å². The van der Waals surface area contributed by atoms with Gasteiger partial charge in [0, 0.05) is 18.9 Å². The van der Waals surface area contributed by atoms with Gasteiger partial charge in [0.25, 0.3) is 0 Å². The quantitative estimate of drug-likeness (QED) is 0.484. The highest BCUT2D eigenvalue weighted by atomic mass is 31.2. The van der Waals surface area contributed by atoms with Crippen LogP contribution in [0.1, 0.15) is 25.5 Å². The van der Waals surface area contributed by atoms with E-state index in [1.807, 2.05) is 6.07 Å². The van der Waals surface area contributed by atoms with Crippen LogP contribution >= 0.6 is 7.82 Å². The summed E-state index contributed by atoms with van der Waals surface area (Å²) in [6.45, 7) is 3.92. The van der Waals surface area contributed by atoms with Crippen molar-refractivity contribution in [3.8, 4) is 17.2 Å². The van der Waals surface area contributed by atoms with Gasteiger partial charge in [-0.15, -0.1) is 0 Å². The van der Waals surface area contributed by atoms with Gasteiger partial charge in [0.2, 0.25) is 5.75 Å². The fourth-order valence-corrected chi connectivity index (χ4v) is 3.90. The molecule has 1 aromatic carbocycles. The van der Waals surface area contributed by atoms with Gasteiger partial charge in [-0.1, -0.05) is 0 Å². The number of rotatable bonds is 12. The van der Waals surface area contributed by atoms with Crippen molar-refractivity contribution in [1.29, 1.82) is 0 Å². The average Bonchev–Trinajstić information content (AvgIpc) is 2.72. The summed E-state index contributed by atoms with van der Waals surface area (Å²) in [4.78, 5) is 4.05. The molecular weight excluding hydrogens is 399 g/mol. The maximum Gasteiger partial charge on any atom is 0.475 e. The van der Waals surface area contributed by atoms with E-state index >= 15 is 0 Å². The minimum atomic E-state index is -3.82. The molecule has 1 aromatic heterocycles. The van der Waals surface area contributed by atoms with Crippen molar-refractivity contribution in [3.05, 3.63) is 42.2 Å². The fraction of sp³-hybridized carbons (Fsp3) is 0.421. The normalized spacial score (nSPS) is 12.4. The number of phenolic OH excluding ortho intramolecular Hbond substituents is 1. The molecular formula is C19H27N2O7P. The number of hydrogen-bond acceptors (Lipinski definition) is 9. The first-order valence-corrected chi connectivity index (χ1v) is 10.6. The van der Waals surface area contributed by atoms with Crippen molar-refractivity contribution in [2.24, 2.45) is 0 Å². The zero-order valence-corrected chi connectivity index (χ0v) is 17.8. The first-order valence-electron chi connectivity index (χ1n) is 9.12. The summed E-state index contributed by atoms with van der Waals surface area (Å²) in [5, 5.41) is 13.4. The highest BCUT2D eigenvalue weighted by Gasteiger charge is 2.32. The lowest BCUT2D eigenvalue weighted by molar-refractivity contribution is 0.0881. The number of nitrogens with zero attached hydrogens (tertiary/aromatic N) is 1. The highest BCUT2D eigenvalue weighted by Crippen LogP contribution is 2.53. The van der Waals surface area contributed by atoms with Gasteiger partial charge >= 0.3 is 7.82 Å².